The topological polar surface area (TPSA) is 44.4 Å². The van der Waals surface area contributed by atoms with Gasteiger partial charge in [-0.1, -0.05) is 30.3 Å². The Morgan fingerprint density at radius 1 is 1.00 bits per heavy atom. The number of nitrogens with zero attached hydrogens (tertiary/aromatic N) is 3. The lowest BCUT2D eigenvalue weighted by atomic mass is 10.1. The first-order chi connectivity index (χ1) is 11.8. The molecule has 0 radical (unpaired) electrons. The first-order valence-corrected chi connectivity index (χ1v) is 8.37. The fraction of sp³-hybridized carbons (Fsp3) is 0.316. The lowest BCUT2D eigenvalue weighted by Gasteiger charge is -2.34. The van der Waals surface area contributed by atoms with Crippen molar-refractivity contribution in [1.82, 2.24) is 14.9 Å². The van der Waals surface area contributed by atoms with Crippen LogP contribution in [0.25, 0.3) is 11.0 Å². The summed E-state index contributed by atoms with van der Waals surface area (Å²) in [5.41, 5.74) is 3.38. The normalized spacial score (nSPS) is 15.8. The fourth-order valence-corrected chi connectivity index (χ4v) is 3.28. The Labute approximate surface area is 141 Å². The Morgan fingerprint density at radius 2 is 1.75 bits per heavy atom. The maximum atomic E-state index is 5.46. The second kappa shape index (κ2) is 6.53. The number of rotatable bonds is 4. The molecule has 5 heteroatoms. The van der Waals surface area contributed by atoms with E-state index < -0.39 is 0 Å². The highest BCUT2D eigenvalue weighted by molar-refractivity contribution is 5.77. The summed E-state index contributed by atoms with van der Waals surface area (Å²) in [6.07, 6.45) is 0. The van der Waals surface area contributed by atoms with Crippen LogP contribution < -0.4 is 9.64 Å². The lowest BCUT2D eigenvalue weighted by Crippen LogP contribution is -2.46. The van der Waals surface area contributed by atoms with E-state index >= 15 is 0 Å². The van der Waals surface area contributed by atoms with E-state index in [4.69, 9.17) is 9.72 Å². The van der Waals surface area contributed by atoms with Gasteiger partial charge in [-0.15, -0.1) is 0 Å². The summed E-state index contributed by atoms with van der Waals surface area (Å²) in [6.45, 7) is 4.94. The van der Waals surface area contributed by atoms with Crippen molar-refractivity contribution in [3.8, 4) is 5.75 Å². The molecule has 3 aromatic rings. The van der Waals surface area contributed by atoms with Crippen LogP contribution in [0.15, 0.2) is 48.5 Å². The van der Waals surface area contributed by atoms with Crippen LogP contribution in [0.3, 0.4) is 0 Å². The number of imidazole rings is 1. The van der Waals surface area contributed by atoms with Gasteiger partial charge < -0.3 is 14.6 Å². The molecule has 0 spiro atoms. The van der Waals surface area contributed by atoms with Crippen molar-refractivity contribution in [3.05, 3.63) is 54.1 Å². The molecular formula is C19H22N4O. The largest absolute Gasteiger partial charge is 0.496 e. The predicted octanol–water partition coefficient (Wildman–Crippen LogP) is 2.89. The molecule has 2 heterocycles. The summed E-state index contributed by atoms with van der Waals surface area (Å²) in [5, 5.41) is 0. The average Bonchev–Trinajstić information content (AvgIpc) is 3.07. The number of aromatic nitrogens is 2. The van der Waals surface area contributed by atoms with Crippen LogP contribution in [0.1, 0.15) is 5.56 Å². The summed E-state index contributed by atoms with van der Waals surface area (Å²) in [7, 11) is 1.73. The number of para-hydroxylation sites is 3. The Bertz CT molecular complexity index is 788. The zero-order valence-corrected chi connectivity index (χ0v) is 13.9. The number of fused-ring (bicyclic) bond motifs is 1. The molecule has 1 N–H and O–H groups in total. The van der Waals surface area contributed by atoms with E-state index in [1.165, 1.54) is 5.56 Å². The van der Waals surface area contributed by atoms with Crippen LogP contribution >= 0.6 is 0 Å². The van der Waals surface area contributed by atoms with Crippen molar-refractivity contribution in [1.29, 1.82) is 0 Å². The number of H-pyrrole nitrogens is 1. The second-order valence-electron chi connectivity index (χ2n) is 6.15. The summed E-state index contributed by atoms with van der Waals surface area (Å²) < 4.78 is 5.46. The minimum atomic E-state index is 0.929. The molecule has 5 nitrogen and oxygen atoms in total. The van der Waals surface area contributed by atoms with Crippen molar-refractivity contribution in [2.24, 2.45) is 0 Å². The molecule has 2 aromatic carbocycles. The molecule has 1 aliphatic rings. The van der Waals surface area contributed by atoms with Crippen molar-refractivity contribution in [3.63, 3.8) is 0 Å². The Hall–Kier alpha value is -2.53. The Kier molecular flexibility index (Phi) is 4.09. The average molecular weight is 322 g/mol. The quantitative estimate of drug-likeness (QED) is 0.802. The van der Waals surface area contributed by atoms with Gasteiger partial charge in [0.2, 0.25) is 5.95 Å². The first kappa shape index (κ1) is 15.0. The molecule has 4 rings (SSSR count). The molecule has 0 aliphatic carbocycles. The zero-order valence-electron chi connectivity index (χ0n) is 13.9. The third-order valence-electron chi connectivity index (χ3n) is 4.64. The third-order valence-corrected chi connectivity index (χ3v) is 4.64. The van der Waals surface area contributed by atoms with Crippen LogP contribution in [0.5, 0.6) is 5.75 Å². The van der Waals surface area contributed by atoms with Gasteiger partial charge in [0.15, 0.2) is 0 Å². The highest BCUT2D eigenvalue weighted by Gasteiger charge is 2.20. The van der Waals surface area contributed by atoms with Crippen molar-refractivity contribution in [2.75, 3.05) is 38.2 Å². The highest BCUT2D eigenvalue weighted by Crippen LogP contribution is 2.22. The van der Waals surface area contributed by atoms with Gasteiger partial charge in [-0.2, -0.15) is 0 Å². The third kappa shape index (κ3) is 2.95. The number of piperazine rings is 1. The summed E-state index contributed by atoms with van der Waals surface area (Å²) in [5.74, 6) is 1.95. The van der Waals surface area contributed by atoms with E-state index in [1.54, 1.807) is 7.11 Å². The number of anilines is 1. The van der Waals surface area contributed by atoms with Crippen LogP contribution in [0.4, 0.5) is 5.95 Å². The van der Waals surface area contributed by atoms with Gasteiger partial charge in [-0.05, 0) is 18.2 Å². The summed E-state index contributed by atoms with van der Waals surface area (Å²) in [6, 6.07) is 16.4. The minimum absolute atomic E-state index is 0.929. The van der Waals surface area contributed by atoms with Crippen molar-refractivity contribution < 1.29 is 4.74 Å². The fourth-order valence-electron chi connectivity index (χ4n) is 3.28. The number of nitrogens with one attached hydrogen (secondary N) is 1. The lowest BCUT2D eigenvalue weighted by molar-refractivity contribution is 0.245. The van der Waals surface area contributed by atoms with Gasteiger partial charge in [-0.3, -0.25) is 4.90 Å². The van der Waals surface area contributed by atoms with E-state index in [9.17, 15) is 0 Å². The van der Waals surface area contributed by atoms with E-state index in [2.05, 4.69) is 33.0 Å². The molecule has 0 amide bonds. The standard InChI is InChI=1S/C19H22N4O/c1-24-18-9-5-2-6-15(18)14-22-10-12-23(13-11-22)19-20-16-7-3-4-8-17(16)21-19/h2-9H,10-14H2,1H3,(H,20,21). The smallest absolute Gasteiger partial charge is 0.203 e. The Morgan fingerprint density at radius 3 is 2.54 bits per heavy atom. The van der Waals surface area contributed by atoms with Gasteiger partial charge in [0.05, 0.1) is 18.1 Å². The molecule has 1 saturated heterocycles. The van der Waals surface area contributed by atoms with Gasteiger partial charge >= 0.3 is 0 Å². The van der Waals surface area contributed by atoms with Gasteiger partial charge in [0, 0.05) is 38.3 Å². The maximum Gasteiger partial charge on any atom is 0.203 e. The van der Waals surface area contributed by atoms with Crippen LogP contribution in [0.2, 0.25) is 0 Å². The predicted molar refractivity (Wildman–Crippen MR) is 96.6 cm³/mol. The molecule has 1 aliphatic heterocycles. The first-order valence-electron chi connectivity index (χ1n) is 8.37. The number of ether oxygens (including phenoxy) is 1. The molecule has 1 aromatic heterocycles. The maximum absolute atomic E-state index is 5.46. The molecule has 0 bridgehead atoms. The summed E-state index contributed by atoms with van der Waals surface area (Å²) >= 11 is 0. The molecule has 1 fully saturated rings. The van der Waals surface area contributed by atoms with E-state index in [1.807, 2.05) is 30.3 Å². The molecule has 0 atom stereocenters. The highest BCUT2D eigenvalue weighted by atomic mass is 16.5. The molecule has 0 unspecified atom stereocenters. The monoisotopic (exact) mass is 322 g/mol. The van der Waals surface area contributed by atoms with E-state index in [-0.39, 0.29) is 0 Å². The second-order valence-corrected chi connectivity index (χ2v) is 6.15. The Balaban J connectivity index is 1.41. The van der Waals surface area contributed by atoms with Crippen LogP contribution in [-0.4, -0.2) is 48.2 Å². The van der Waals surface area contributed by atoms with Gasteiger partial charge in [-0.25, -0.2) is 4.98 Å². The molecule has 124 valence electrons. The van der Waals surface area contributed by atoms with E-state index in [0.29, 0.717) is 0 Å². The SMILES string of the molecule is COc1ccccc1CN1CCN(c2nc3ccccc3[nH]2)CC1. The molecular weight excluding hydrogens is 300 g/mol. The molecule has 0 saturated carbocycles. The van der Waals surface area contributed by atoms with Gasteiger partial charge in [0.25, 0.3) is 0 Å². The van der Waals surface area contributed by atoms with Crippen molar-refractivity contribution >= 4 is 17.0 Å². The summed E-state index contributed by atoms with van der Waals surface area (Å²) in [4.78, 5) is 12.9. The van der Waals surface area contributed by atoms with E-state index in [0.717, 1.165) is 55.5 Å². The zero-order chi connectivity index (χ0) is 16.4. The van der Waals surface area contributed by atoms with Gasteiger partial charge in [0.1, 0.15) is 5.75 Å². The number of aromatic amines is 1. The van der Waals surface area contributed by atoms with Crippen LogP contribution in [-0.2, 0) is 6.54 Å². The minimum Gasteiger partial charge on any atom is -0.496 e. The van der Waals surface area contributed by atoms with Crippen molar-refractivity contribution in [2.45, 2.75) is 6.54 Å². The molecule has 24 heavy (non-hydrogen) atoms. The number of methoxy groups -OCH3 is 1. The van der Waals surface area contributed by atoms with Crippen LogP contribution in [0, 0.1) is 0 Å². The number of hydrogen-bond acceptors (Lipinski definition) is 4. The number of hydrogen-bond donors (Lipinski definition) is 1. The number of benzene rings is 2.